The van der Waals surface area contributed by atoms with Gasteiger partial charge in [-0.2, -0.15) is 0 Å². The van der Waals surface area contributed by atoms with Crippen LogP contribution in [-0.4, -0.2) is 73.5 Å². The fourth-order valence-electron chi connectivity index (χ4n) is 3.37. The molecule has 0 fully saturated rings. The Hall–Kier alpha value is -2.93. The van der Waals surface area contributed by atoms with Gasteiger partial charge in [-0.25, -0.2) is 27.1 Å². The van der Waals surface area contributed by atoms with Gasteiger partial charge >= 0.3 is 5.97 Å². The van der Waals surface area contributed by atoms with Gasteiger partial charge in [0.05, 0.1) is 36.3 Å². The summed E-state index contributed by atoms with van der Waals surface area (Å²) < 4.78 is 50.0. The Morgan fingerprint density at radius 3 is 2.41 bits per heavy atom. The number of carboxylic acids is 1. The number of benzene rings is 1. The Kier molecular flexibility index (Phi) is 11.1. The van der Waals surface area contributed by atoms with Gasteiger partial charge in [0.15, 0.2) is 0 Å². The van der Waals surface area contributed by atoms with E-state index in [2.05, 4.69) is 9.97 Å². The van der Waals surface area contributed by atoms with Crippen LogP contribution >= 0.6 is 0 Å². The Bertz CT molecular complexity index is 1190. The van der Waals surface area contributed by atoms with E-state index in [1.54, 1.807) is 19.1 Å². The molecule has 0 amide bonds. The number of hydrogen-bond acceptors (Lipinski definition) is 8. The summed E-state index contributed by atoms with van der Waals surface area (Å²) in [7, 11) is -2.31. The number of hydrogen-bond donors (Lipinski definition) is 2. The summed E-state index contributed by atoms with van der Waals surface area (Å²) in [6, 6.07) is 5.61. The molecular weight excluding hydrogens is 505 g/mol. The van der Waals surface area contributed by atoms with Gasteiger partial charge in [-0.15, -0.1) is 0 Å². The highest BCUT2D eigenvalue weighted by atomic mass is 32.2. The van der Waals surface area contributed by atoms with Crippen molar-refractivity contribution in [3.63, 3.8) is 0 Å². The molecule has 37 heavy (non-hydrogen) atoms. The summed E-state index contributed by atoms with van der Waals surface area (Å²) in [4.78, 5) is 20.0. The van der Waals surface area contributed by atoms with Crippen LogP contribution in [0.4, 0.5) is 10.3 Å². The third-order valence-electron chi connectivity index (χ3n) is 5.37. The lowest BCUT2D eigenvalue weighted by atomic mass is 9.97. The predicted octanol–water partition coefficient (Wildman–Crippen LogP) is 3.42. The number of aliphatic hydroxyl groups excluding tert-OH is 1. The van der Waals surface area contributed by atoms with Crippen molar-refractivity contribution in [3.8, 4) is 11.3 Å². The second-order valence-electron chi connectivity index (χ2n) is 8.73. The summed E-state index contributed by atoms with van der Waals surface area (Å²) in [5, 5.41) is 19.2. The maximum Gasteiger partial charge on any atom is 0.305 e. The van der Waals surface area contributed by atoms with Crippen LogP contribution in [-0.2, 0) is 24.3 Å². The van der Waals surface area contributed by atoms with Crippen LogP contribution in [0.5, 0.6) is 0 Å². The molecule has 204 valence electrons. The van der Waals surface area contributed by atoms with Gasteiger partial charge in [0.25, 0.3) is 0 Å². The molecule has 2 rings (SSSR count). The van der Waals surface area contributed by atoms with Crippen LogP contribution in [0.1, 0.15) is 50.8 Å². The molecule has 0 aliphatic carbocycles. The maximum atomic E-state index is 13.7. The molecule has 2 N–H and O–H groups in total. The quantitative estimate of drug-likeness (QED) is 0.273. The van der Waals surface area contributed by atoms with Gasteiger partial charge in [-0.05, 0) is 37.1 Å². The number of nitrogens with zero attached hydrogens (tertiary/aromatic N) is 3. The summed E-state index contributed by atoms with van der Waals surface area (Å²) >= 11 is 0. The van der Waals surface area contributed by atoms with Crippen LogP contribution in [0.15, 0.2) is 30.3 Å². The van der Waals surface area contributed by atoms with Gasteiger partial charge < -0.3 is 19.7 Å². The number of rotatable bonds is 14. The summed E-state index contributed by atoms with van der Waals surface area (Å²) in [6.45, 7) is 5.91. The van der Waals surface area contributed by atoms with Crippen molar-refractivity contribution in [2.75, 3.05) is 31.0 Å². The number of aliphatic carboxylic acids is 1. The number of anilines is 1. The molecule has 0 aliphatic rings. The Morgan fingerprint density at radius 1 is 1.22 bits per heavy atom. The van der Waals surface area contributed by atoms with E-state index in [0.29, 0.717) is 29.1 Å². The zero-order chi connectivity index (χ0) is 27.8. The predicted molar refractivity (Wildman–Crippen MR) is 138 cm³/mol. The zero-order valence-electron chi connectivity index (χ0n) is 21.6. The first-order chi connectivity index (χ1) is 17.3. The summed E-state index contributed by atoms with van der Waals surface area (Å²) in [5.74, 6) is -1.78. The average molecular weight is 540 g/mol. The SMILES string of the molecule is CCOCO[C@H](/C=C/c1c(-c2ccc(F)cc2)nc(N(C)S(C)(=O)=O)nc1C(C)C)C[C@@H](O)CC(=O)O. The van der Waals surface area contributed by atoms with Gasteiger partial charge in [-0.3, -0.25) is 4.79 Å². The van der Waals surface area contributed by atoms with E-state index in [-0.39, 0.29) is 25.1 Å². The third kappa shape index (κ3) is 9.15. The first kappa shape index (κ1) is 30.3. The number of aromatic nitrogens is 2. The minimum atomic E-state index is -3.66. The zero-order valence-corrected chi connectivity index (χ0v) is 22.4. The molecule has 0 aliphatic heterocycles. The van der Waals surface area contributed by atoms with Crippen molar-refractivity contribution >= 4 is 28.0 Å². The normalized spacial score (nSPS) is 13.7. The average Bonchev–Trinajstić information content (AvgIpc) is 2.81. The highest BCUT2D eigenvalue weighted by Crippen LogP contribution is 2.32. The van der Waals surface area contributed by atoms with Crippen LogP contribution in [0, 0.1) is 5.82 Å². The second kappa shape index (κ2) is 13.6. The minimum absolute atomic E-state index is 0.00543. The molecule has 0 radical (unpaired) electrons. The molecule has 0 unspecified atom stereocenters. The topological polar surface area (TPSA) is 139 Å². The van der Waals surface area contributed by atoms with Gasteiger partial charge in [0, 0.05) is 31.2 Å². The van der Waals surface area contributed by atoms with Crippen LogP contribution in [0.2, 0.25) is 0 Å². The lowest BCUT2D eigenvalue weighted by molar-refractivity contribution is -0.140. The molecule has 1 heterocycles. The molecule has 12 heteroatoms. The van der Waals surface area contributed by atoms with Crippen molar-refractivity contribution in [2.45, 2.75) is 51.7 Å². The monoisotopic (exact) mass is 539 g/mol. The van der Waals surface area contributed by atoms with E-state index in [9.17, 15) is 22.7 Å². The number of sulfonamides is 1. The molecule has 1 aromatic carbocycles. The molecule has 0 spiro atoms. The molecule has 10 nitrogen and oxygen atoms in total. The van der Waals surface area contributed by atoms with E-state index in [1.165, 1.54) is 31.3 Å². The summed E-state index contributed by atoms with van der Waals surface area (Å²) in [6.07, 6.45) is 2.05. The second-order valence-corrected chi connectivity index (χ2v) is 10.7. The first-order valence-electron chi connectivity index (χ1n) is 11.7. The Labute approximate surface area is 216 Å². The largest absolute Gasteiger partial charge is 0.481 e. The molecule has 2 aromatic rings. The highest BCUT2D eigenvalue weighted by Gasteiger charge is 2.23. The minimum Gasteiger partial charge on any atom is -0.481 e. The molecule has 0 saturated carbocycles. The number of ether oxygens (including phenoxy) is 2. The van der Waals surface area contributed by atoms with Crippen molar-refractivity contribution < 1.29 is 37.3 Å². The van der Waals surface area contributed by atoms with E-state index >= 15 is 0 Å². The van der Waals surface area contributed by atoms with Crippen LogP contribution < -0.4 is 4.31 Å². The van der Waals surface area contributed by atoms with Gasteiger partial charge in [-0.1, -0.05) is 26.0 Å². The Balaban J connectivity index is 2.64. The molecule has 2 atom stereocenters. The molecule has 1 aromatic heterocycles. The fourth-order valence-corrected chi connectivity index (χ4v) is 3.75. The van der Waals surface area contributed by atoms with Gasteiger partial charge in [0.2, 0.25) is 16.0 Å². The highest BCUT2D eigenvalue weighted by molar-refractivity contribution is 7.92. The number of carbonyl (C=O) groups is 1. The van der Waals surface area contributed by atoms with Crippen molar-refractivity contribution in [1.29, 1.82) is 0 Å². The molecular formula is C25H34FN3O7S. The third-order valence-corrected chi connectivity index (χ3v) is 6.53. The maximum absolute atomic E-state index is 13.7. The fraction of sp³-hybridized carbons (Fsp3) is 0.480. The number of carboxylic acid groups (broad SMARTS) is 1. The standard InChI is InChI=1S/C25H34FN3O7S/c1-6-35-15-36-20(13-19(30)14-22(31)32)11-12-21-23(16(2)3)27-25(29(4)37(5,33)34)28-24(21)17-7-9-18(26)10-8-17/h7-12,16,19-20,30H,6,13-15H2,1-5H3,(H,31,32)/b12-11+/t19-,20-/m1/s1. The van der Waals surface area contributed by atoms with E-state index in [1.807, 2.05) is 13.8 Å². The van der Waals surface area contributed by atoms with E-state index < -0.39 is 40.4 Å². The Morgan fingerprint density at radius 2 is 1.86 bits per heavy atom. The number of aliphatic hydroxyl groups is 1. The van der Waals surface area contributed by atoms with Crippen LogP contribution in [0.25, 0.3) is 17.3 Å². The van der Waals surface area contributed by atoms with Crippen molar-refractivity contribution in [2.24, 2.45) is 0 Å². The van der Waals surface area contributed by atoms with Gasteiger partial charge in [0.1, 0.15) is 12.6 Å². The first-order valence-corrected chi connectivity index (χ1v) is 13.6. The van der Waals surface area contributed by atoms with Crippen molar-refractivity contribution in [1.82, 2.24) is 9.97 Å². The smallest absolute Gasteiger partial charge is 0.305 e. The lowest BCUT2D eigenvalue weighted by Crippen LogP contribution is -2.27. The lowest BCUT2D eigenvalue weighted by Gasteiger charge is -2.21. The number of halogens is 1. The van der Waals surface area contributed by atoms with E-state index in [0.717, 1.165) is 10.6 Å². The summed E-state index contributed by atoms with van der Waals surface area (Å²) in [5.41, 5.74) is 1.98. The molecule has 0 bridgehead atoms. The molecule has 0 saturated heterocycles. The van der Waals surface area contributed by atoms with Crippen LogP contribution in [0.3, 0.4) is 0 Å². The van der Waals surface area contributed by atoms with Crippen molar-refractivity contribution in [3.05, 3.63) is 47.4 Å². The van der Waals surface area contributed by atoms with E-state index in [4.69, 9.17) is 14.6 Å².